The van der Waals surface area contributed by atoms with Gasteiger partial charge in [0.05, 0.1) is 10.4 Å². The van der Waals surface area contributed by atoms with Crippen molar-refractivity contribution in [1.29, 1.82) is 0 Å². The lowest BCUT2D eigenvalue weighted by Gasteiger charge is -2.16. The predicted octanol–water partition coefficient (Wildman–Crippen LogP) is 3.70. The summed E-state index contributed by atoms with van der Waals surface area (Å²) >= 11 is 0. The highest BCUT2D eigenvalue weighted by atomic mass is 35.5. The van der Waals surface area contributed by atoms with Crippen LogP contribution in [0, 0.1) is 0 Å². The van der Waals surface area contributed by atoms with Crippen LogP contribution in [0.2, 0.25) is 0 Å². The van der Waals surface area contributed by atoms with E-state index in [2.05, 4.69) is 26.1 Å². The van der Waals surface area contributed by atoms with Crippen molar-refractivity contribution in [3.63, 3.8) is 0 Å². The molecule has 0 aliphatic rings. The Balaban J connectivity index is 0.00000272. The number of hydrogen-bond donors (Lipinski definition) is 2. The lowest BCUT2D eigenvalue weighted by molar-refractivity contribution is 0.537. The van der Waals surface area contributed by atoms with Crippen molar-refractivity contribution >= 4 is 44.1 Å². The van der Waals surface area contributed by atoms with Gasteiger partial charge in [-0.25, -0.2) is 13.1 Å². The van der Waals surface area contributed by atoms with Crippen LogP contribution in [0.5, 0.6) is 0 Å². The molecule has 0 spiro atoms. The molecule has 2 aromatic carbocycles. The molecule has 162 valence electrons. The van der Waals surface area contributed by atoms with Crippen LogP contribution in [0.3, 0.4) is 0 Å². The van der Waals surface area contributed by atoms with E-state index in [0.717, 1.165) is 34.6 Å². The van der Waals surface area contributed by atoms with Crippen LogP contribution in [0.4, 0.5) is 0 Å². The lowest BCUT2D eigenvalue weighted by atomic mass is 10.1. The molecule has 8 heteroatoms. The minimum Gasteiger partial charge on any atom is -0.315 e. The van der Waals surface area contributed by atoms with Crippen LogP contribution >= 0.6 is 12.4 Å². The molecule has 31 heavy (non-hydrogen) atoms. The number of aromatic nitrogens is 2. The molecule has 6 nitrogen and oxygen atoms in total. The quantitative estimate of drug-likeness (QED) is 0.395. The zero-order valence-corrected chi connectivity index (χ0v) is 18.8. The molecule has 0 amide bonds. The molecule has 2 heterocycles. The molecule has 0 aliphatic carbocycles. The Morgan fingerprint density at radius 3 is 2.71 bits per heavy atom. The first-order valence-corrected chi connectivity index (χ1v) is 11.4. The number of sulfonamides is 1. The number of nitrogens with one attached hydrogen (secondary N) is 2. The Bertz CT molecular complexity index is 1280. The van der Waals surface area contributed by atoms with E-state index in [9.17, 15) is 8.42 Å². The Morgan fingerprint density at radius 2 is 1.84 bits per heavy atom. The summed E-state index contributed by atoms with van der Waals surface area (Å²) in [7, 11) is -3.59. The Hall–Kier alpha value is -2.58. The second-order valence-electron chi connectivity index (χ2n) is 7.35. The standard InChI is InChI=1S/C23H24N4O2S.ClH/c1-17(15-24-11-8-18-10-13-26-23-5-3-2-4-22(18)23)27-30(28,29)21-7-6-20-16-25-12-9-19(20)14-21;/h2-7,9-10,12-14,16-17,24,27H,8,11,15H2,1H3;1H/t17-;/m1./s1. The molecular formula is C23H25ClN4O2S. The molecule has 0 saturated heterocycles. The molecule has 0 radical (unpaired) electrons. The monoisotopic (exact) mass is 456 g/mol. The highest BCUT2D eigenvalue weighted by Crippen LogP contribution is 2.18. The number of nitrogens with zero attached hydrogens (tertiary/aromatic N) is 2. The van der Waals surface area contributed by atoms with Crippen LogP contribution in [-0.4, -0.2) is 37.5 Å². The summed E-state index contributed by atoms with van der Waals surface area (Å²) in [6, 6.07) is 16.7. The van der Waals surface area contributed by atoms with Crippen LogP contribution < -0.4 is 10.0 Å². The van der Waals surface area contributed by atoms with Gasteiger partial charge in [0.1, 0.15) is 0 Å². The summed E-state index contributed by atoms with van der Waals surface area (Å²) in [5, 5.41) is 6.26. The molecule has 0 unspecified atom stereocenters. The van der Waals surface area contributed by atoms with E-state index in [0.29, 0.717) is 6.54 Å². The number of fused-ring (bicyclic) bond motifs is 2. The van der Waals surface area contributed by atoms with Crippen molar-refractivity contribution in [1.82, 2.24) is 20.0 Å². The van der Waals surface area contributed by atoms with Crippen LogP contribution in [-0.2, 0) is 16.4 Å². The third kappa shape index (κ3) is 5.57. The fourth-order valence-corrected chi connectivity index (χ4v) is 4.80. The number of benzene rings is 2. The maximum absolute atomic E-state index is 12.7. The Labute approximate surface area is 188 Å². The largest absolute Gasteiger partial charge is 0.315 e. The molecule has 2 N–H and O–H groups in total. The van der Waals surface area contributed by atoms with Gasteiger partial charge in [-0.3, -0.25) is 9.97 Å². The second kappa shape index (κ2) is 10.2. The summed E-state index contributed by atoms with van der Waals surface area (Å²) in [6.07, 6.45) is 6.05. The van der Waals surface area contributed by atoms with Gasteiger partial charge < -0.3 is 5.32 Å². The van der Waals surface area contributed by atoms with E-state index in [1.54, 1.807) is 30.6 Å². The van der Waals surface area contributed by atoms with Gasteiger partial charge in [-0.1, -0.05) is 24.3 Å². The Morgan fingerprint density at radius 1 is 1.00 bits per heavy atom. The maximum atomic E-state index is 12.7. The molecule has 0 fully saturated rings. The first-order valence-electron chi connectivity index (χ1n) is 9.92. The molecule has 0 aliphatic heterocycles. The molecule has 0 bridgehead atoms. The molecule has 2 aromatic heterocycles. The van der Waals surface area contributed by atoms with Crippen LogP contribution in [0.25, 0.3) is 21.7 Å². The third-order valence-corrected chi connectivity index (χ3v) is 6.63. The number of hydrogen-bond acceptors (Lipinski definition) is 5. The topological polar surface area (TPSA) is 84.0 Å². The molecule has 1 atom stereocenters. The summed E-state index contributed by atoms with van der Waals surface area (Å²) in [6.45, 7) is 3.15. The van der Waals surface area contributed by atoms with Crippen molar-refractivity contribution in [2.75, 3.05) is 13.1 Å². The minimum absolute atomic E-state index is 0. The normalized spacial score (nSPS) is 12.5. The number of para-hydroxylation sites is 1. The van der Waals surface area contributed by atoms with Gasteiger partial charge in [0.15, 0.2) is 0 Å². The van der Waals surface area contributed by atoms with Gasteiger partial charge in [-0.15, -0.1) is 12.4 Å². The first-order chi connectivity index (χ1) is 14.5. The van der Waals surface area contributed by atoms with Gasteiger partial charge in [0.25, 0.3) is 0 Å². The second-order valence-corrected chi connectivity index (χ2v) is 9.06. The van der Waals surface area contributed by atoms with Gasteiger partial charge in [0.2, 0.25) is 10.0 Å². The van der Waals surface area contributed by atoms with Crippen molar-refractivity contribution < 1.29 is 8.42 Å². The summed E-state index contributed by atoms with van der Waals surface area (Å²) in [4.78, 5) is 8.70. The number of pyridine rings is 2. The van der Waals surface area contributed by atoms with Crippen molar-refractivity contribution in [2.45, 2.75) is 24.3 Å². The fraction of sp³-hybridized carbons (Fsp3) is 0.217. The molecule has 4 rings (SSSR count). The number of halogens is 1. The highest BCUT2D eigenvalue weighted by Gasteiger charge is 2.17. The third-order valence-electron chi connectivity index (χ3n) is 5.04. The van der Waals surface area contributed by atoms with Gasteiger partial charge in [-0.2, -0.15) is 0 Å². The molecular weight excluding hydrogens is 432 g/mol. The molecule has 0 saturated carbocycles. The predicted molar refractivity (Wildman–Crippen MR) is 127 cm³/mol. The fourth-order valence-electron chi connectivity index (χ4n) is 3.52. The average molecular weight is 457 g/mol. The lowest BCUT2D eigenvalue weighted by Crippen LogP contribution is -2.40. The van der Waals surface area contributed by atoms with Crippen LogP contribution in [0.15, 0.2) is 78.1 Å². The highest BCUT2D eigenvalue weighted by molar-refractivity contribution is 7.89. The van der Waals surface area contributed by atoms with E-state index < -0.39 is 10.0 Å². The summed E-state index contributed by atoms with van der Waals surface area (Å²) in [5.74, 6) is 0. The van der Waals surface area contributed by atoms with Crippen molar-refractivity contribution in [3.8, 4) is 0 Å². The zero-order valence-electron chi connectivity index (χ0n) is 17.2. The number of rotatable bonds is 8. The first kappa shape index (κ1) is 23.1. The van der Waals surface area contributed by atoms with Crippen LogP contribution in [0.1, 0.15) is 12.5 Å². The van der Waals surface area contributed by atoms with Gasteiger partial charge >= 0.3 is 0 Å². The molecule has 4 aromatic rings. The van der Waals surface area contributed by atoms with E-state index in [1.165, 1.54) is 5.56 Å². The average Bonchev–Trinajstić information content (AvgIpc) is 2.76. The minimum atomic E-state index is -3.59. The maximum Gasteiger partial charge on any atom is 0.240 e. The van der Waals surface area contributed by atoms with E-state index in [4.69, 9.17) is 0 Å². The summed E-state index contributed by atoms with van der Waals surface area (Å²) < 4.78 is 28.2. The summed E-state index contributed by atoms with van der Waals surface area (Å²) in [5.41, 5.74) is 2.22. The zero-order chi connectivity index (χ0) is 21.0. The van der Waals surface area contributed by atoms with E-state index >= 15 is 0 Å². The van der Waals surface area contributed by atoms with E-state index in [1.807, 2.05) is 43.5 Å². The Kier molecular flexibility index (Phi) is 7.56. The van der Waals surface area contributed by atoms with Crippen molar-refractivity contribution in [3.05, 3.63) is 78.8 Å². The van der Waals surface area contributed by atoms with Gasteiger partial charge in [0, 0.05) is 41.9 Å². The van der Waals surface area contributed by atoms with Crippen molar-refractivity contribution in [2.24, 2.45) is 0 Å². The van der Waals surface area contributed by atoms with E-state index in [-0.39, 0.29) is 23.3 Å². The SMILES string of the molecule is C[C@H](CNCCc1ccnc2ccccc12)NS(=O)(=O)c1ccc2cnccc2c1.Cl. The van der Waals surface area contributed by atoms with Gasteiger partial charge in [-0.05, 0) is 61.2 Å². The smallest absolute Gasteiger partial charge is 0.240 e.